The minimum Gasteiger partial charge on any atom is -0.438 e. The third-order valence-electron chi connectivity index (χ3n) is 6.03. The summed E-state index contributed by atoms with van der Waals surface area (Å²) < 4.78 is 8.72. The van der Waals surface area contributed by atoms with E-state index in [4.69, 9.17) is 4.65 Å². The molecule has 1 aromatic heterocycles. The van der Waals surface area contributed by atoms with E-state index in [1.807, 2.05) is 11.7 Å². The lowest BCUT2D eigenvalue weighted by Crippen LogP contribution is -2.47. The normalized spacial score (nSPS) is 23.7. The molecule has 2 aliphatic heterocycles. The molecule has 134 valence electrons. The van der Waals surface area contributed by atoms with E-state index in [1.54, 1.807) is 0 Å². The predicted octanol–water partition coefficient (Wildman–Crippen LogP) is 3.50. The Morgan fingerprint density at radius 2 is 2.00 bits per heavy atom. The Morgan fingerprint density at radius 1 is 1.24 bits per heavy atom. The van der Waals surface area contributed by atoms with Crippen LogP contribution in [0.3, 0.4) is 0 Å². The van der Waals surface area contributed by atoms with E-state index in [-0.39, 0.29) is 4.87 Å². The number of aromatic nitrogens is 1. The molecule has 3 heterocycles. The van der Waals surface area contributed by atoms with Gasteiger partial charge >= 0.3 is 4.87 Å². The van der Waals surface area contributed by atoms with Gasteiger partial charge in [-0.25, -0.2) is 0 Å². The van der Waals surface area contributed by atoms with Gasteiger partial charge in [-0.3, -0.25) is 14.3 Å². The Balaban J connectivity index is 1.50. The molecule has 2 atom stereocenters. The molecule has 25 heavy (non-hydrogen) atoms. The fraction of sp³-hybridized carbons (Fsp3) is 0.632. The number of nitrogens with zero attached hydrogens (tertiary/aromatic N) is 2. The SMILES string of the molecule is CCCc1ccc2c(c1)sc(=O)n2CCN1C2CCC1CB(OC)C2. The van der Waals surface area contributed by atoms with Crippen LogP contribution in [0.25, 0.3) is 10.2 Å². The van der Waals surface area contributed by atoms with Crippen LogP contribution in [0.2, 0.25) is 12.6 Å². The molecule has 1 aromatic carbocycles. The molecule has 2 bridgehead atoms. The maximum absolute atomic E-state index is 12.5. The molecular weight excluding hydrogens is 331 g/mol. The molecular formula is C19H27BN2O2S. The molecule has 2 unspecified atom stereocenters. The molecule has 2 saturated heterocycles. The van der Waals surface area contributed by atoms with Gasteiger partial charge in [0, 0.05) is 32.3 Å². The summed E-state index contributed by atoms with van der Waals surface area (Å²) in [5, 5.41) is 0. The Bertz CT molecular complexity index is 788. The lowest BCUT2D eigenvalue weighted by Gasteiger charge is -2.37. The lowest BCUT2D eigenvalue weighted by atomic mass is 9.56. The van der Waals surface area contributed by atoms with Crippen molar-refractivity contribution in [2.24, 2.45) is 0 Å². The van der Waals surface area contributed by atoms with Gasteiger partial charge in [0.1, 0.15) is 0 Å². The number of rotatable bonds is 6. The van der Waals surface area contributed by atoms with Crippen molar-refractivity contribution in [3.63, 3.8) is 0 Å². The van der Waals surface area contributed by atoms with Crippen LogP contribution < -0.4 is 4.87 Å². The Hall–Kier alpha value is -1.11. The maximum Gasteiger partial charge on any atom is 0.308 e. The lowest BCUT2D eigenvalue weighted by molar-refractivity contribution is 0.183. The monoisotopic (exact) mass is 358 g/mol. The van der Waals surface area contributed by atoms with Gasteiger partial charge in [-0.05, 0) is 49.6 Å². The molecule has 2 fully saturated rings. The summed E-state index contributed by atoms with van der Waals surface area (Å²) in [6.07, 6.45) is 7.08. The van der Waals surface area contributed by atoms with Crippen LogP contribution in [0, 0.1) is 0 Å². The van der Waals surface area contributed by atoms with Gasteiger partial charge in [0.25, 0.3) is 6.92 Å². The third kappa shape index (κ3) is 3.32. The number of fused-ring (bicyclic) bond motifs is 3. The van der Waals surface area contributed by atoms with Crippen molar-refractivity contribution < 1.29 is 4.65 Å². The maximum atomic E-state index is 12.5. The van der Waals surface area contributed by atoms with Gasteiger partial charge in [-0.15, -0.1) is 0 Å². The fourth-order valence-corrected chi connectivity index (χ4v) is 5.75. The van der Waals surface area contributed by atoms with Gasteiger partial charge in [0.2, 0.25) is 0 Å². The Kier molecular flexibility index (Phi) is 5.03. The van der Waals surface area contributed by atoms with E-state index in [9.17, 15) is 4.79 Å². The van der Waals surface area contributed by atoms with Crippen molar-refractivity contribution in [2.75, 3.05) is 13.7 Å². The quantitative estimate of drug-likeness (QED) is 0.742. The highest BCUT2D eigenvalue weighted by atomic mass is 32.1. The highest BCUT2D eigenvalue weighted by Gasteiger charge is 2.42. The summed E-state index contributed by atoms with van der Waals surface area (Å²) in [6.45, 7) is 4.40. The van der Waals surface area contributed by atoms with E-state index < -0.39 is 0 Å². The number of hydrogen-bond acceptors (Lipinski definition) is 4. The first-order valence-electron chi connectivity index (χ1n) is 9.60. The molecule has 4 rings (SSSR count). The van der Waals surface area contributed by atoms with E-state index in [0.29, 0.717) is 19.0 Å². The van der Waals surface area contributed by atoms with Gasteiger partial charge in [0.15, 0.2) is 0 Å². The molecule has 6 heteroatoms. The second-order valence-corrected chi connectivity index (χ2v) is 8.52. The van der Waals surface area contributed by atoms with Crippen molar-refractivity contribution in [2.45, 2.75) is 63.9 Å². The predicted molar refractivity (Wildman–Crippen MR) is 106 cm³/mol. The van der Waals surface area contributed by atoms with E-state index in [1.165, 1.54) is 29.7 Å². The fourth-order valence-electron chi connectivity index (χ4n) is 4.76. The number of hydrogen-bond donors (Lipinski definition) is 0. The minimum absolute atomic E-state index is 0.183. The number of thiazole rings is 1. The van der Waals surface area contributed by atoms with Crippen LogP contribution in [0.5, 0.6) is 0 Å². The summed E-state index contributed by atoms with van der Waals surface area (Å²) in [4.78, 5) is 15.3. The van der Waals surface area contributed by atoms with Gasteiger partial charge in [0.05, 0.1) is 10.2 Å². The largest absolute Gasteiger partial charge is 0.438 e. The zero-order chi connectivity index (χ0) is 17.4. The standard InChI is InChI=1S/C19H27BN2O2S/c1-3-4-14-5-8-17-18(11-14)25-19(23)22(17)10-9-21-15-6-7-16(21)13-20(12-15)24-2/h5,8,11,15-16H,3-4,6-7,9-10,12-13H2,1-2H3. The van der Waals surface area contributed by atoms with Crippen LogP contribution in [-0.4, -0.2) is 42.1 Å². The van der Waals surface area contributed by atoms with E-state index in [2.05, 4.69) is 30.0 Å². The van der Waals surface area contributed by atoms with E-state index in [0.717, 1.165) is 48.8 Å². The number of aryl methyl sites for hydroxylation is 1. The third-order valence-corrected chi connectivity index (χ3v) is 6.97. The first kappa shape index (κ1) is 17.3. The van der Waals surface area contributed by atoms with Crippen LogP contribution in [-0.2, 0) is 17.6 Å². The zero-order valence-corrected chi connectivity index (χ0v) is 16.1. The summed E-state index contributed by atoms with van der Waals surface area (Å²) >= 11 is 1.40. The highest BCUT2D eigenvalue weighted by Crippen LogP contribution is 2.36. The minimum atomic E-state index is 0.183. The Labute approximate surface area is 153 Å². The number of benzene rings is 1. The van der Waals surface area contributed by atoms with E-state index >= 15 is 0 Å². The van der Waals surface area contributed by atoms with Crippen molar-refractivity contribution in [1.29, 1.82) is 0 Å². The molecule has 0 aliphatic carbocycles. The molecule has 0 radical (unpaired) electrons. The van der Waals surface area contributed by atoms with Crippen LogP contribution in [0.15, 0.2) is 23.0 Å². The smallest absolute Gasteiger partial charge is 0.308 e. The first-order valence-corrected chi connectivity index (χ1v) is 10.4. The summed E-state index contributed by atoms with van der Waals surface area (Å²) in [7, 11) is 1.84. The molecule has 2 aliphatic rings. The summed E-state index contributed by atoms with van der Waals surface area (Å²) in [5.74, 6) is 0. The molecule has 0 spiro atoms. The molecule has 0 amide bonds. The average Bonchev–Trinajstić information content (AvgIpc) is 3.04. The molecule has 2 aromatic rings. The van der Waals surface area contributed by atoms with Gasteiger partial charge in [-0.2, -0.15) is 0 Å². The van der Waals surface area contributed by atoms with Crippen LogP contribution in [0.4, 0.5) is 0 Å². The van der Waals surface area contributed by atoms with Crippen LogP contribution >= 0.6 is 11.3 Å². The molecule has 4 nitrogen and oxygen atoms in total. The highest BCUT2D eigenvalue weighted by molar-refractivity contribution is 7.16. The van der Waals surface area contributed by atoms with Crippen molar-refractivity contribution in [3.05, 3.63) is 33.4 Å². The second kappa shape index (κ2) is 7.26. The van der Waals surface area contributed by atoms with Crippen molar-refractivity contribution in [1.82, 2.24) is 9.47 Å². The first-order chi connectivity index (χ1) is 12.2. The van der Waals surface area contributed by atoms with Gasteiger partial charge in [-0.1, -0.05) is 30.7 Å². The van der Waals surface area contributed by atoms with Crippen molar-refractivity contribution in [3.8, 4) is 0 Å². The average molecular weight is 358 g/mol. The summed E-state index contributed by atoms with van der Waals surface area (Å²) in [5.41, 5.74) is 2.44. The van der Waals surface area contributed by atoms with Gasteiger partial charge < -0.3 is 4.65 Å². The summed E-state index contributed by atoms with van der Waals surface area (Å²) in [6, 6.07) is 7.81. The Morgan fingerprint density at radius 3 is 2.68 bits per heavy atom. The molecule has 0 N–H and O–H groups in total. The zero-order valence-electron chi connectivity index (χ0n) is 15.2. The second-order valence-electron chi connectivity index (χ2n) is 7.52. The van der Waals surface area contributed by atoms with Crippen LogP contribution in [0.1, 0.15) is 31.7 Å². The van der Waals surface area contributed by atoms with Crippen molar-refractivity contribution >= 4 is 28.5 Å². The topological polar surface area (TPSA) is 34.5 Å². The molecule has 0 saturated carbocycles.